The lowest BCUT2D eigenvalue weighted by Crippen LogP contribution is -2.13. The van der Waals surface area contributed by atoms with Gasteiger partial charge < -0.3 is 9.47 Å². The van der Waals surface area contributed by atoms with Gasteiger partial charge in [0.15, 0.2) is 5.78 Å². The molecule has 0 radical (unpaired) electrons. The number of alkyl halides is 1. The Kier molecular flexibility index (Phi) is 5.34. The zero-order valence-corrected chi connectivity index (χ0v) is 12.1. The van der Waals surface area contributed by atoms with E-state index in [9.17, 15) is 9.59 Å². The van der Waals surface area contributed by atoms with Crippen LogP contribution in [0, 0.1) is 0 Å². The molecule has 1 rings (SSSR count). The van der Waals surface area contributed by atoms with Crippen LogP contribution in [0.25, 0.3) is 0 Å². The Bertz CT molecular complexity index is 454. The monoisotopic (exact) mass is 314 g/mol. The standard InChI is InChI=1S/C13H15BrO4/c1-4-18-13(16)10-7-9(12(15)8(2)14)5-6-11(10)17-3/h5-8H,4H2,1-3H3. The molecule has 1 atom stereocenters. The van der Waals surface area contributed by atoms with Gasteiger partial charge in [0.05, 0.1) is 18.5 Å². The van der Waals surface area contributed by atoms with Crippen molar-refractivity contribution < 1.29 is 19.1 Å². The molecule has 0 spiro atoms. The first-order chi connectivity index (χ1) is 8.51. The van der Waals surface area contributed by atoms with Crippen molar-refractivity contribution in [1.82, 2.24) is 0 Å². The quantitative estimate of drug-likeness (QED) is 0.476. The van der Waals surface area contributed by atoms with Gasteiger partial charge in [-0.2, -0.15) is 0 Å². The number of halogens is 1. The molecule has 0 aromatic heterocycles. The summed E-state index contributed by atoms with van der Waals surface area (Å²) in [5.41, 5.74) is 0.710. The molecule has 1 aromatic carbocycles. The van der Waals surface area contributed by atoms with Crippen LogP contribution in [0.1, 0.15) is 34.6 Å². The molecule has 0 saturated carbocycles. The Hall–Kier alpha value is -1.36. The lowest BCUT2D eigenvalue weighted by molar-refractivity contribution is 0.0522. The Morgan fingerprint density at radius 3 is 2.56 bits per heavy atom. The zero-order valence-electron chi connectivity index (χ0n) is 10.5. The van der Waals surface area contributed by atoms with E-state index in [0.717, 1.165) is 0 Å². The van der Waals surface area contributed by atoms with Gasteiger partial charge in [-0.3, -0.25) is 4.79 Å². The molecule has 1 unspecified atom stereocenters. The molecule has 1 aromatic rings. The van der Waals surface area contributed by atoms with Crippen LogP contribution >= 0.6 is 15.9 Å². The molecule has 0 fully saturated rings. The summed E-state index contributed by atoms with van der Waals surface area (Å²) in [5.74, 6) is -0.193. The molecular weight excluding hydrogens is 300 g/mol. The summed E-state index contributed by atoms with van der Waals surface area (Å²) in [7, 11) is 1.46. The first-order valence-electron chi connectivity index (χ1n) is 5.54. The van der Waals surface area contributed by atoms with Crippen molar-refractivity contribution >= 4 is 27.7 Å². The van der Waals surface area contributed by atoms with Gasteiger partial charge in [-0.25, -0.2) is 4.79 Å². The number of ether oxygens (including phenoxy) is 2. The third-order valence-corrected chi connectivity index (χ3v) is 2.76. The molecule has 98 valence electrons. The highest BCUT2D eigenvalue weighted by atomic mass is 79.9. The van der Waals surface area contributed by atoms with Gasteiger partial charge in [-0.15, -0.1) is 0 Å². The fourth-order valence-electron chi connectivity index (χ4n) is 1.46. The van der Waals surface area contributed by atoms with Crippen molar-refractivity contribution in [3.63, 3.8) is 0 Å². The van der Waals surface area contributed by atoms with Crippen molar-refractivity contribution in [3.05, 3.63) is 29.3 Å². The summed E-state index contributed by atoms with van der Waals surface area (Å²) < 4.78 is 10.0. The number of carbonyl (C=O) groups is 2. The third-order valence-electron chi connectivity index (χ3n) is 2.34. The number of hydrogen-bond donors (Lipinski definition) is 0. The summed E-state index contributed by atoms with van der Waals surface area (Å²) in [4.78, 5) is 23.3. The number of benzene rings is 1. The van der Waals surface area contributed by atoms with E-state index >= 15 is 0 Å². The third kappa shape index (κ3) is 3.32. The smallest absolute Gasteiger partial charge is 0.341 e. The van der Waals surface area contributed by atoms with Crippen LogP contribution in [0.4, 0.5) is 0 Å². The summed E-state index contributed by atoms with van der Waals surface area (Å²) in [6.45, 7) is 3.73. The van der Waals surface area contributed by atoms with E-state index in [-0.39, 0.29) is 22.8 Å². The number of ketones is 1. The number of carbonyl (C=O) groups excluding carboxylic acids is 2. The van der Waals surface area contributed by atoms with E-state index < -0.39 is 5.97 Å². The Morgan fingerprint density at radius 1 is 1.39 bits per heavy atom. The fraction of sp³-hybridized carbons (Fsp3) is 0.385. The Labute approximate surface area is 114 Å². The second kappa shape index (κ2) is 6.54. The second-order valence-corrected chi connectivity index (χ2v) is 4.99. The highest BCUT2D eigenvalue weighted by Crippen LogP contribution is 2.22. The predicted octanol–water partition coefficient (Wildman–Crippen LogP) is 2.84. The number of rotatable bonds is 5. The van der Waals surface area contributed by atoms with E-state index in [1.54, 1.807) is 26.0 Å². The van der Waals surface area contributed by atoms with Crippen LogP contribution in [-0.2, 0) is 4.74 Å². The maximum absolute atomic E-state index is 11.8. The minimum atomic E-state index is -0.494. The molecule has 0 aliphatic carbocycles. The maximum atomic E-state index is 11.8. The Morgan fingerprint density at radius 2 is 2.06 bits per heavy atom. The first kappa shape index (κ1) is 14.7. The summed E-state index contributed by atoms with van der Waals surface area (Å²) in [6, 6.07) is 4.72. The molecule has 0 bridgehead atoms. The van der Waals surface area contributed by atoms with Crippen LogP contribution < -0.4 is 4.74 Å². The van der Waals surface area contributed by atoms with E-state index in [4.69, 9.17) is 9.47 Å². The van der Waals surface area contributed by atoms with Gasteiger partial charge in [0.2, 0.25) is 0 Å². The van der Waals surface area contributed by atoms with E-state index in [1.807, 2.05) is 0 Å². The second-order valence-electron chi connectivity index (χ2n) is 3.62. The van der Waals surface area contributed by atoms with Crippen molar-refractivity contribution in [2.75, 3.05) is 13.7 Å². The summed E-state index contributed by atoms with van der Waals surface area (Å²) in [6.07, 6.45) is 0. The molecule has 0 heterocycles. The topological polar surface area (TPSA) is 52.6 Å². The fourth-order valence-corrected chi connectivity index (χ4v) is 1.72. The van der Waals surface area contributed by atoms with Gasteiger partial charge in [-0.1, -0.05) is 15.9 Å². The normalized spacial score (nSPS) is 11.8. The summed E-state index contributed by atoms with van der Waals surface area (Å²) in [5, 5.41) is 0. The average Bonchev–Trinajstić information content (AvgIpc) is 2.37. The van der Waals surface area contributed by atoms with E-state index in [0.29, 0.717) is 11.3 Å². The molecule has 0 amide bonds. The molecule has 5 heteroatoms. The lowest BCUT2D eigenvalue weighted by atomic mass is 10.0. The van der Waals surface area contributed by atoms with Crippen LogP contribution in [0.15, 0.2) is 18.2 Å². The lowest BCUT2D eigenvalue weighted by Gasteiger charge is -2.10. The van der Waals surface area contributed by atoms with Crippen molar-refractivity contribution in [1.29, 1.82) is 0 Å². The number of esters is 1. The number of hydrogen-bond acceptors (Lipinski definition) is 4. The van der Waals surface area contributed by atoms with Gasteiger partial charge >= 0.3 is 5.97 Å². The van der Waals surface area contributed by atoms with Crippen LogP contribution in [-0.4, -0.2) is 30.3 Å². The van der Waals surface area contributed by atoms with Crippen LogP contribution in [0.3, 0.4) is 0 Å². The minimum absolute atomic E-state index is 0.0943. The molecule has 18 heavy (non-hydrogen) atoms. The van der Waals surface area contributed by atoms with Gasteiger partial charge in [0.25, 0.3) is 0 Å². The SMILES string of the molecule is CCOC(=O)c1cc(C(=O)C(C)Br)ccc1OC. The average molecular weight is 315 g/mol. The van der Waals surface area contributed by atoms with Crippen molar-refractivity contribution in [2.45, 2.75) is 18.7 Å². The van der Waals surface area contributed by atoms with Gasteiger partial charge in [0, 0.05) is 5.56 Å². The molecule has 4 nitrogen and oxygen atoms in total. The van der Waals surface area contributed by atoms with Gasteiger partial charge in [-0.05, 0) is 32.0 Å². The van der Waals surface area contributed by atoms with Crippen molar-refractivity contribution in [2.24, 2.45) is 0 Å². The molecular formula is C13H15BrO4. The van der Waals surface area contributed by atoms with Crippen LogP contribution in [0.2, 0.25) is 0 Å². The molecule has 0 saturated heterocycles. The number of Topliss-reactive ketones (excluding diaryl/α,β-unsaturated/α-hetero) is 1. The highest BCUT2D eigenvalue weighted by Gasteiger charge is 2.18. The van der Waals surface area contributed by atoms with Gasteiger partial charge in [0.1, 0.15) is 11.3 Å². The zero-order chi connectivity index (χ0) is 13.7. The first-order valence-corrected chi connectivity index (χ1v) is 6.46. The molecule has 0 aliphatic heterocycles. The minimum Gasteiger partial charge on any atom is -0.496 e. The number of methoxy groups -OCH3 is 1. The summed E-state index contributed by atoms with van der Waals surface area (Å²) >= 11 is 3.21. The Balaban J connectivity index is 3.17. The maximum Gasteiger partial charge on any atom is 0.341 e. The van der Waals surface area contributed by atoms with E-state index in [2.05, 4.69) is 15.9 Å². The largest absolute Gasteiger partial charge is 0.496 e. The van der Waals surface area contributed by atoms with E-state index in [1.165, 1.54) is 13.2 Å². The highest BCUT2D eigenvalue weighted by molar-refractivity contribution is 9.10. The molecule has 0 N–H and O–H groups in total. The van der Waals surface area contributed by atoms with Crippen molar-refractivity contribution in [3.8, 4) is 5.75 Å². The molecule has 0 aliphatic rings. The van der Waals surface area contributed by atoms with Crippen LogP contribution in [0.5, 0.6) is 5.75 Å². The predicted molar refractivity (Wildman–Crippen MR) is 71.7 cm³/mol.